The number of unbranched alkanes of at least 4 members (excludes halogenated alkanes) is 2. The van der Waals surface area contributed by atoms with E-state index in [0.29, 0.717) is 11.8 Å². The maximum atomic E-state index is 3.44. The van der Waals surface area contributed by atoms with Crippen LogP contribution in [0.5, 0.6) is 0 Å². The van der Waals surface area contributed by atoms with Crippen molar-refractivity contribution in [2.24, 2.45) is 0 Å². The molecule has 0 amide bonds. The van der Waals surface area contributed by atoms with Crippen LogP contribution in [0.25, 0.3) is 0 Å². The lowest BCUT2D eigenvalue weighted by atomic mass is 9.94. The number of benzene rings is 3. The first-order valence-corrected chi connectivity index (χ1v) is 13.5. The van der Waals surface area contributed by atoms with Crippen LogP contribution in [-0.4, -0.2) is 0 Å². The van der Waals surface area contributed by atoms with Crippen LogP contribution in [0.3, 0.4) is 0 Å². The Balaban J connectivity index is 1.46. The Morgan fingerprint density at radius 1 is 0.714 bits per heavy atom. The highest BCUT2D eigenvalue weighted by Crippen LogP contribution is 2.41. The van der Waals surface area contributed by atoms with Crippen LogP contribution in [0, 0.1) is 23.7 Å². The van der Waals surface area contributed by atoms with Crippen molar-refractivity contribution in [1.82, 2.24) is 0 Å². The first-order valence-electron chi connectivity index (χ1n) is 13.5. The summed E-state index contributed by atoms with van der Waals surface area (Å²) >= 11 is 0. The van der Waals surface area contributed by atoms with Gasteiger partial charge in [0, 0.05) is 22.3 Å². The third kappa shape index (κ3) is 7.38. The summed E-state index contributed by atoms with van der Waals surface area (Å²) in [5.74, 6) is 14.8. The summed E-state index contributed by atoms with van der Waals surface area (Å²) < 4.78 is 0. The fourth-order valence-electron chi connectivity index (χ4n) is 4.58. The molecule has 3 aromatic carbocycles. The normalized spacial score (nSPS) is 13.3. The molecule has 35 heavy (non-hydrogen) atoms. The monoisotopic (exact) mass is 458 g/mol. The van der Waals surface area contributed by atoms with E-state index >= 15 is 0 Å². The van der Waals surface area contributed by atoms with E-state index in [1.165, 1.54) is 61.6 Å². The molecule has 4 rings (SSSR count). The summed E-state index contributed by atoms with van der Waals surface area (Å²) in [6.07, 6.45) is 10.0. The molecule has 1 atom stereocenters. The summed E-state index contributed by atoms with van der Waals surface area (Å²) in [5, 5.41) is 0. The van der Waals surface area contributed by atoms with Crippen molar-refractivity contribution >= 4 is 0 Å². The zero-order valence-electron chi connectivity index (χ0n) is 21.7. The van der Waals surface area contributed by atoms with Gasteiger partial charge in [0.1, 0.15) is 0 Å². The van der Waals surface area contributed by atoms with Crippen LogP contribution >= 0.6 is 0 Å². The molecular formula is C35H38. The van der Waals surface area contributed by atoms with Gasteiger partial charge in [0.2, 0.25) is 0 Å². The highest BCUT2D eigenvalue weighted by Gasteiger charge is 2.25. The lowest BCUT2D eigenvalue weighted by Gasteiger charge is -2.11. The van der Waals surface area contributed by atoms with E-state index in [1.54, 1.807) is 0 Å². The number of hydrogen-bond donors (Lipinski definition) is 0. The Morgan fingerprint density at radius 2 is 1.34 bits per heavy atom. The van der Waals surface area contributed by atoms with E-state index in [9.17, 15) is 0 Å². The minimum Gasteiger partial charge on any atom is -0.0654 e. The van der Waals surface area contributed by atoms with Gasteiger partial charge in [-0.15, -0.1) is 0 Å². The van der Waals surface area contributed by atoms with Crippen molar-refractivity contribution in [1.29, 1.82) is 0 Å². The van der Waals surface area contributed by atoms with Gasteiger partial charge in [-0.05, 0) is 96.7 Å². The van der Waals surface area contributed by atoms with Crippen LogP contribution < -0.4 is 0 Å². The smallest absolute Gasteiger partial charge is 0.0284 e. The predicted molar refractivity (Wildman–Crippen MR) is 150 cm³/mol. The predicted octanol–water partition coefficient (Wildman–Crippen LogP) is 9.00. The van der Waals surface area contributed by atoms with E-state index in [4.69, 9.17) is 0 Å². The van der Waals surface area contributed by atoms with Crippen molar-refractivity contribution in [2.45, 2.75) is 84.0 Å². The molecule has 1 fully saturated rings. The molecule has 1 aliphatic rings. The van der Waals surface area contributed by atoms with Gasteiger partial charge in [-0.25, -0.2) is 0 Å². The van der Waals surface area contributed by atoms with E-state index in [2.05, 4.69) is 111 Å². The molecule has 3 aromatic rings. The number of rotatable bonds is 8. The van der Waals surface area contributed by atoms with Gasteiger partial charge in [0.05, 0.1) is 0 Å². The summed E-state index contributed by atoms with van der Waals surface area (Å²) in [6, 6.07) is 24.1. The van der Waals surface area contributed by atoms with Gasteiger partial charge < -0.3 is 0 Å². The maximum Gasteiger partial charge on any atom is 0.0284 e. The van der Waals surface area contributed by atoms with Crippen LogP contribution in [-0.2, 0) is 6.42 Å². The lowest BCUT2D eigenvalue weighted by molar-refractivity contribution is 0.598. The van der Waals surface area contributed by atoms with Gasteiger partial charge >= 0.3 is 0 Å². The van der Waals surface area contributed by atoms with Crippen molar-refractivity contribution in [3.8, 4) is 23.7 Å². The highest BCUT2D eigenvalue weighted by molar-refractivity contribution is 5.53. The zero-order valence-corrected chi connectivity index (χ0v) is 21.7. The second kappa shape index (κ2) is 12.5. The topological polar surface area (TPSA) is 0 Å². The fourth-order valence-corrected chi connectivity index (χ4v) is 4.58. The molecule has 0 aromatic heterocycles. The van der Waals surface area contributed by atoms with E-state index < -0.39 is 0 Å². The molecule has 0 N–H and O–H groups in total. The molecule has 0 heteroatoms. The van der Waals surface area contributed by atoms with Crippen molar-refractivity contribution in [3.05, 3.63) is 106 Å². The van der Waals surface area contributed by atoms with Crippen molar-refractivity contribution in [3.63, 3.8) is 0 Å². The molecule has 0 bridgehead atoms. The molecule has 1 saturated carbocycles. The molecule has 0 nitrogen and oxygen atoms in total. The molecule has 0 radical (unpaired) electrons. The molecule has 1 unspecified atom stereocenters. The third-order valence-electron chi connectivity index (χ3n) is 6.97. The second-order valence-electron chi connectivity index (χ2n) is 10.0. The standard InChI is InChI=1S/C35H38/c1-4-6-7-9-27(3)32-20-16-30(17-21-32)14-15-31-19-23-33(35(26-31)34-24-25-34)22-18-29-12-10-28(8-5-2)11-13-29/h10-13,16-17,19-21,23,26-27,34H,4-9,24-25H2,1-3H3. The molecular weight excluding hydrogens is 420 g/mol. The first kappa shape index (κ1) is 24.9. The molecule has 0 heterocycles. The Labute approximate surface area is 213 Å². The average molecular weight is 459 g/mol. The van der Waals surface area contributed by atoms with Crippen LogP contribution in [0.4, 0.5) is 0 Å². The molecule has 0 spiro atoms. The summed E-state index contributed by atoms with van der Waals surface area (Å²) in [4.78, 5) is 0. The Bertz CT molecular complexity index is 1220. The van der Waals surface area contributed by atoms with Gasteiger partial charge in [-0.2, -0.15) is 0 Å². The number of aryl methyl sites for hydroxylation is 1. The molecule has 178 valence electrons. The highest BCUT2D eigenvalue weighted by atomic mass is 14.3. The van der Waals surface area contributed by atoms with Gasteiger partial charge in [0.25, 0.3) is 0 Å². The summed E-state index contributed by atoms with van der Waals surface area (Å²) in [6.45, 7) is 6.81. The minimum atomic E-state index is 0.618. The number of hydrogen-bond acceptors (Lipinski definition) is 0. The summed E-state index contributed by atoms with van der Waals surface area (Å²) in [7, 11) is 0. The van der Waals surface area contributed by atoms with Gasteiger partial charge in [-0.1, -0.05) is 94.4 Å². The lowest BCUT2D eigenvalue weighted by Crippen LogP contribution is -1.93. The molecule has 0 aliphatic heterocycles. The summed E-state index contributed by atoms with van der Waals surface area (Å²) in [5.41, 5.74) is 8.57. The van der Waals surface area contributed by atoms with Gasteiger partial charge in [-0.3, -0.25) is 0 Å². The van der Waals surface area contributed by atoms with Crippen LogP contribution in [0.15, 0.2) is 66.7 Å². The quantitative estimate of drug-likeness (QED) is 0.233. The molecule has 1 aliphatic carbocycles. The first-order chi connectivity index (χ1) is 17.2. The van der Waals surface area contributed by atoms with Crippen molar-refractivity contribution in [2.75, 3.05) is 0 Å². The fraction of sp³-hybridized carbons (Fsp3) is 0.371. The third-order valence-corrected chi connectivity index (χ3v) is 6.97. The SMILES string of the molecule is CCCCCC(C)c1ccc(C#Cc2ccc(C#Cc3ccc(CCC)cc3)c(C3CC3)c2)cc1. The Kier molecular flexibility index (Phi) is 8.87. The van der Waals surface area contributed by atoms with Gasteiger partial charge in [0.15, 0.2) is 0 Å². The van der Waals surface area contributed by atoms with E-state index in [1.807, 2.05) is 0 Å². The Morgan fingerprint density at radius 3 is 2.00 bits per heavy atom. The maximum absolute atomic E-state index is 3.44. The van der Waals surface area contributed by atoms with Crippen LogP contribution in [0.1, 0.15) is 116 Å². The Hall–Kier alpha value is -3.22. The second-order valence-corrected chi connectivity index (χ2v) is 10.0. The van der Waals surface area contributed by atoms with Crippen LogP contribution in [0.2, 0.25) is 0 Å². The van der Waals surface area contributed by atoms with E-state index in [0.717, 1.165) is 28.7 Å². The minimum absolute atomic E-state index is 0.618. The average Bonchev–Trinajstić information content (AvgIpc) is 3.73. The largest absolute Gasteiger partial charge is 0.0654 e. The van der Waals surface area contributed by atoms with Crippen molar-refractivity contribution < 1.29 is 0 Å². The van der Waals surface area contributed by atoms with E-state index in [-0.39, 0.29) is 0 Å². The zero-order chi connectivity index (χ0) is 24.5. The molecule has 0 saturated heterocycles.